The molecule has 7 heteroatoms. The first-order chi connectivity index (χ1) is 15.5. The lowest BCUT2D eigenvalue weighted by molar-refractivity contribution is -0.144. The number of benzene rings is 3. The van der Waals surface area contributed by atoms with Crippen molar-refractivity contribution in [2.45, 2.75) is 31.2 Å². The molecule has 0 aliphatic heterocycles. The third kappa shape index (κ3) is 4.37. The molecule has 0 spiro atoms. The van der Waals surface area contributed by atoms with Crippen LogP contribution in [0.4, 0.5) is 4.39 Å². The van der Waals surface area contributed by atoms with E-state index >= 15 is 0 Å². The molecule has 1 amide bonds. The van der Waals surface area contributed by atoms with Gasteiger partial charge in [-0.05, 0) is 31.0 Å². The van der Waals surface area contributed by atoms with Crippen molar-refractivity contribution in [2.75, 3.05) is 13.2 Å². The third-order valence-electron chi connectivity index (χ3n) is 5.75. The highest BCUT2D eigenvalue weighted by molar-refractivity contribution is 6.05. The Morgan fingerprint density at radius 3 is 2.25 bits per heavy atom. The molecular weight excluding hydrogens is 413 g/mol. The van der Waals surface area contributed by atoms with E-state index < -0.39 is 23.2 Å². The maximum Gasteiger partial charge on any atom is 0.329 e. The molecule has 0 unspecified atom stereocenters. The van der Waals surface area contributed by atoms with E-state index in [0.717, 1.165) is 6.07 Å². The SMILES string of the molecule is O=C(NC1(C(=O)O)CCCC1)c1cc(F)c2ccccc2c1OCCOc1ccccc1. The van der Waals surface area contributed by atoms with Crippen molar-refractivity contribution in [3.05, 3.63) is 72.0 Å². The summed E-state index contributed by atoms with van der Waals surface area (Å²) >= 11 is 0. The van der Waals surface area contributed by atoms with Crippen LogP contribution in [0, 0.1) is 5.82 Å². The zero-order valence-electron chi connectivity index (χ0n) is 17.5. The molecule has 1 fully saturated rings. The maximum atomic E-state index is 14.8. The lowest BCUT2D eigenvalue weighted by atomic mass is 9.96. The van der Waals surface area contributed by atoms with Crippen LogP contribution in [0.1, 0.15) is 36.0 Å². The maximum absolute atomic E-state index is 14.8. The lowest BCUT2D eigenvalue weighted by Gasteiger charge is -2.26. The van der Waals surface area contributed by atoms with Gasteiger partial charge in [0.25, 0.3) is 5.91 Å². The van der Waals surface area contributed by atoms with Gasteiger partial charge in [-0.15, -0.1) is 0 Å². The van der Waals surface area contributed by atoms with E-state index in [1.807, 2.05) is 30.3 Å². The van der Waals surface area contributed by atoms with Gasteiger partial charge in [0.05, 0.1) is 5.56 Å². The number of carboxylic acids is 1. The minimum absolute atomic E-state index is 0.0339. The van der Waals surface area contributed by atoms with Crippen LogP contribution in [-0.4, -0.2) is 35.7 Å². The molecule has 2 N–H and O–H groups in total. The molecule has 3 aromatic carbocycles. The van der Waals surface area contributed by atoms with Crippen LogP contribution in [0.15, 0.2) is 60.7 Å². The van der Waals surface area contributed by atoms with Crippen LogP contribution in [0.25, 0.3) is 10.8 Å². The fourth-order valence-electron chi connectivity index (χ4n) is 4.10. The zero-order chi connectivity index (χ0) is 22.6. The molecule has 0 radical (unpaired) electrons. The van der Waals surface area contributed by atoms with Gasteiger partial charge in [-0.1, -0.05) is 55.3 Å². The largest absolute Gasteiger partial charge is 0.490 e. The van der Waals surface area contributed by atoms with Crippen molar-refractivity contribution in [3.63, 3.8) is 0 Å². The summed E-state index contributed by atoms with van der Waals surface area (Å²) in [5, 5.41) is 13.1. The van der Waals surface area contributed by atoms with E-state index in [1.165, 1.54) is 0 Å². The van der Waals surface area contributed by atoms with E-state index in [4.69, 9.17) is 9.47 Å². The second-order valence-electron chi connectivity index (χ2n) is 7.84. The number of carbonyl (C=O) groups is 2. The number of hydrogen-bond acceptors (Lipinski definition) is 4. The smallest absolute Gasteiger partial charge is 0.329 e. The molecular formula is C25H24FNO5. The molecule has 32 heavy (non-hydrogen) atoms. The highest BCUT2D eigenvalue weighted by Gasteiger charge is 2.43. The highest BCUT2D eigenvalue weighted by atomic mass is 19.1. The Balaban J connectivity index is 1.61. The minimum Gasteiger partial charge on any atom is -0.490 e. The summed E-state index contributed by atoms with van der Waals surface area (Å²) in [5.74, 6) is -1.44. The minimum atomic E-state index is -1.34. The molecule has 0 bridgehead atoms. The average molecular weight is 437 g/mol. The van der Waals surface area contributed by atoms with Gasteiger partial charge in [0, 0.05) is 10.8 Å². The molecule has 0 atom stereocenters. The van der Waals surface area contributed by atoms with Crippen LogP contribution in [0.2, 0.25) is 0 Å². The van der Waals surface area contributed by atoms with Crippen molar-refractivity contribution >= 4 is 22.6 Å². The Kier molecular flexibility index (Phi) is 6.25. The topological polar surface area (TPSA) is 84.9 Å². The van der Waals surface area contributed by atoms with Crippen molar-refractivity contribution in [1.82, 2.24) is 5.32 Å². The molecule has 4 rings (SSSR count). The van der Waals surface area contributed by atoms with Gasteiger partial charge in [0.2, 0.25) is 0 Å². The van der Waals surface area contributed by atoms with E-state index in [1.54, 1.807) is 24.3 Å². The van der Waals surface area contributed by atoms with E-state index in [-0.39, 0.29) is 24.5 Å². The van der Waals surface area contributed by atoms with Gasteiger partial charge < -0.3 is 19.9 Å². The van der Waals surface area contributed by atoms with E-state index in [9.17, 15) is 19.1 Å². The highest BCUT2D eigenvalue weighted by Crippen LogP contribution is 2.34. The monoisotopic (exact) mass is 437 g/mol. The summed E-state index contributed by atoms with van der Waals surface area (Å²) in [6, 6.07) is 17.0. The molecule has 1 saturated carbocycles. The summed E-state index contributed by atoms with van der Waals surface area (Å²) in [4.78, 5) is 25.0. The summed E-state index contributed by atoms with van der Waals surface area (Å²) in [5.41, 5.74) is -1.37. The number of amides is 1. The number of halogens is 1. The summed E-state index contributed by atoms with van der Waals surface area (Å²) in [6.45, 7) is 0.338. The first kappa shape index (κ1) is 21.6. The summed E-state index contributed by atoms with van der Waals surface area (Å²) in [6.07, 6.45) is 2.09. The molecule has 6 nitrogen and oxygen atoms in total. The Morgan fingerprint density at radius 1 is 0.938 bits per heavy atom. The van der Waals surface area contributed by atoms with Gasteiger partial charge in [-0.2, -0.15) is 0 Å². The van der Waals surface area contributed by atoms with E-state index in [2.05, 4.69) is 5.32 Å². The van der Waals surface area contributed by atoms with Gasteiger partial charge in [0.15, 0.2) is 0 Å². The quantitative estimate of drug-likeness (QED) is 0.505. The lowest BCUT2D eigenvalue weighted by Crippen LogP contribution is -2.52. The fraction of sp³-hybridized carbons (Fsp3) is 0.280. The van der Waals surface area contributed by atoms with Gasteiger partial charge >= 0.3 is 5.97 Å². The van der Waals surface area contributed by atoms with Crippen LogP contribution >= 0.6 is 0 Å². The third-order valence-corrected chi connectivity index (χ3v) is 5.75. The predicted molar refractivity (Wildman–Crippen MR) is 118 cm³/mol. The Morgan fingerprint density at radius 2 is 1.56 bits per heavy atom. The van der Waals surface area contributed by atoms with Crippen LogP contribution < -0.4 is 14.8 Å². The average Bonchev–Trinajstić information content (AvgIpc) is 3.28. The number of aliphatic carboxylic acids is 1. The molecule has 0 heterocycles. The van der Waals surface area contributed by atoms with Gasteiger partial charge in [-0.25, -0.2) is 9.18 Å². The second-order valence-corrected chi connectivity index (χ2v) is 7.84. The molecule has 1 aliphatic carbocycles. The number of ether oxygens (including phenoxy) is 2. The number of carbonyl (C=O) groups excluding carboxylic acids is 1. The van der Waals surface area contributed by atoms with Crippen LogP contribution in [0.5, 0.6) is 11.5 Å². The Bertz CT molecular complexity index is 1130. The summed E-state index contributed by atoms with van der Waals surface area (Å²) in [7, 11) is 0. The number of hydrogen-bond donors (Lipinski definition) is 2. The summed E-state index contributed by atoms with van der Waals surface area (Å²) < 4.78 is 26.3. The van der Waals surface area contributed by atoms with Crippen LogP contribution in [0.3, 0.4) is 0 Å². The standard InChI is InChI=1S/C25H24FNO5/c26-21-16-20(23(28)27-25(24(29)30)12-6-7-13-25)22(19-11-5-4-10-18(19)21)32-15-14-31-17-8-2-1-3-9-17/h1-5,8-11,16H,6-7,12-15H2,(H,27,28)(H,29,30). The molecule has 166 valence electrons. The van der Waals surface area contributed by atoms with Crippen molar-refractivity contribution < 1.29 is 28.6 Å². The van der Waals surface area contributed by atoms with Gasteiger partial charge in [-0.3, -0.25) is 4.79 Å². The van der Waals surface area contributed by atoms with Crippen molar-refractivity contribution in [3.8, 4) is 11.5 Å². The number of carboxylic acid groups (broad SMARTS) is 1. The molecule has 0 aromatic heterocycles. The first-order valence-electron chi connectivity index (χ1n) is 10.6. The molecule has 3 aromatic rings. The Labute approximate surface area is 185 Å². The number of rotatable bonds is 8. The molecule has 0 saturated heterocycles. The second kappa shape index (κ2) is 9.26. The number of fused-ring (bicyclic) bond motifs is 1. The fourth-order valence-corrected chi connectivity index (χ4v) is 4.10. The Hall–Kier alpha value is -3.61. The molecule has 1 aliphatic rings. The van der Waals surface area contributed by atoms with Gasteiger partial charge in [0.1, 0.15) is 36.1 Å². The normalized spacial score (nSPS) is 14.8. The predicted octanol–water partition coefficient (Wildman–Crippen LogP) is 4.56. The first-order valence-corrected chi connectivity index (χ1v) is 10.6. The van der Waals surface area contributed by atoms with Crippen molar-refractivity contribution in [1.29, 1.82) is 0 Å². The van der Waals surface area contributed by atoms with Crippen LogP contribution in [-0.2, 0) is 4.79 Å². The number of nitrogens with one attached hydrogen (secondary N) is 1. The van der Waals surface area contributed by atoms with Crippen molar-refractivity contribution in [2.24, 2.45) is 0 Å². The zero-order valence-corrected chi connectivity index (χ0v) is 17.5. The van der Waals surface area contributed by atoms with E-state index in [0.29, 0.717) is 42.2 Å². The number of para-hydroxylation sites is 1.